The monoisotopic (exact) mass is 619 g/mol. The van der Waals surface area contributed by atoms with Crippen molar-refractivity contribution in [3.05, 3.63) is 77.6 Å². The van der Waals surface area contributed by atoms with Crippen molar-refractivity contribution in [2.24, 2.45) is 5.92 Å². The lowest BCUT2D eigenvalue weighted by atomic mass is 10.1. The van der Waals surface area contributed by atoms with E-state index in [1.54, 1.807) is 12.3 Å². The number of aromatic nitrogens is 3. The third kappa shape index (κ3) is 5.19. The molecule has 1 N–H and O–H groups in total. The molecule has 2 aliphatic heterocycles. The number of hydrogen-bond acceptors (Lipinski definition) is 8. The smallest absolute Gasteiger partial charge is 0.259 e. The molecule has 2 unspecified atom stereocenters. The highest BCUT2D eigenvalue weighted by molar-refractivity contribution is 7.91. The number of amides is 1. The van der Waals surface area contributed by atoms with Crippen molar-refractivity contribution in [1.82, 2.24) is 20.3 Å². The van der Waals surface area contributed by atoms with E-state index >= 15 is 0 Å². The number of hydrogen-bond donors (Lipinski definition) is 1. The molecule has 1 aliphatic carbocycles. The van der Waals surface area contributed by atoms with Gasteiger partial charge in [0.25, 0.3) is 11.8 Å². The van der Waals surface area contributed by atoms with Gasteiger partial charge in [-0.25, -0.2) is 27.2 Å². The van der Waals surface area contributed by atoms with Crippen LogP contribution >= 0.6 is 0 Å². The maximum Gasteiger partial charge on any atom is 0.259 e. The van der Waals surface area contributed by atoms with Gasteiger partial charge in [-0.15, -0.1) is 0 Å². The number of carbonyl (C=O) groups excluding carboxylic acids is 1. The summed E-state index contributed by atoms with van der Waals surface area (Å²) in [4.78, 5) is 29.2. The minimum Gasteiger partial charge on any atom is -0.372 e. The second-order valence-electron chi connectivity index (χ2n) is 11.9. The normalized spacial score (nSPS) is 25.0. The third-order valence-electron chi connectivity index (χ3n) is 8.65. The zero-order valence-electron chi connectivity index (χ0n) is 24.2. The van der Waals surface area contributed by atoms with Gasteiger partial charge in [0.1, 0.15) is 5.82 Å². The molecule has 2 fully saturated rings. The second-order valence-corrected chi connectivity index (χ2v) is 14.0. The average molecular weight is 620 g/mol. The predicted molar refractivity (Wildman–Crippen MR) is 160 cm³/mol. The lowest BCUT2D eigenvalue weighted by molar-refractivity contribution is -0.00545. The second kappa shape index (κ2) is 10.6. The molecule has 5 heterocycles. The zero-order valence-corrected chi connectivity index (χ0v) is 25.0. The standard InChI is InChI=1S/C32H31F2N5O4S/c1-18-16-39(17-19(2)43-18)29-5-3-4-25(38-29)26-9-7-21-14-35-22(13-27(21)37-26)15-36-31(40)20-6-8-23-28(12-20)44(41,42)11-10-24-30(23)32(24,33)34/h3-9,12-14,18-19,24,30H,10-11,15-17H2,1-2H3,(H,36,40)/t18-,19+,24?,30?. The Morgan fingerprint density at radius 1 is 1.05 bits per heavy atom. The summed E-state index contributed by atoms with van der Waals surface area (Å²) in [6.07, 6.45) is 1.80. The molecule has 44 heavy (non-hydrogen) atoms. The Kier molecular flexibility index (Phi) is 6.89. The van der Waals surface area contributed by atoms with Crippen LogP contribution in [0.5, 0.6) is 0 Å². The van der Waals surface area contributed by atoms with E-state index in [4.69, 9.17) is 14.7 Å². The summed E-state index contributed by atoms with van der Waals surface area (Å²) in [5.74, 6) is -5.02. The van der Waals surface area contributed by atoms with Crippen LogP contribution in [0.25, 0.3) is 22.3 Å². The number of nitrogens with one attached hydrogen (secondary N) is 1. The van der Waals surface area contributed by atoms with Crippen molar-refractivity contribution in [2.45, 2.75) is 55.8 Å². The molecule has 1 amide bonds. The largest absolute Gasteiger partial charge is 0.372 e. The molecule has 7 rings (SSSR count). The fourth-order valence-corrected chi connectivity index (χ4v) is 8.09. The molecule has 1 saturated heterocycles. The molecule has 3 aromatic heterocycles. The van der Waals surface area contributed by atoms with Crippen LogP contribution in [-0.2, 0) is 21.1 Å². The first kappa shape index (κ1) is 28.7. The molecular formula is C32H31F2N5O4S. The topological polar surface area (TPSA) is 114 Å². The summed E-state index contributed by atoms with van der Waals surface area (Å²) >= 11 is 0. The molecule has 228 valence electrons. The molecular weight excluding hydrogens is 588 g/mol. The molecule has 0 radical (unpaired) electrons. The first-order chi connectivity index (χ1) is 21.0. The van der Waals surface area contributed by atoms with E-state index < -0.39 is 33.5 Å². The van der Waals surface area contributed by atoms with Gasteiger partial charge in [-0.3, -0.25) is 9.78 Å². The molecule has 0 bridgehead atoms. The Labute approximate surface area is 253 Å². The van der Waals surface area contributed by atoms with Crippen molar-refractivity contribution in [2.75, 3.05) is 23.7 Å². The van der Waals surface area contributed by atoms with E-state index in [1.807, 2.05) is 30.3 Å². The van der Waals surface area contributed by atoms with Crippen LogP contribution in [-0.4, -0.2) is 66.2 Å². The van der Waals surface area contributed by atoms with Gasteiger partial charge < -0.3 is 15.0 Å². The van der Waals surface area contributed by atoms with Gasteiger partial charge >= 0.3 is 0 Å². The van der Waals surface area contributed by atoms with Crippen molar-refractivity contribution >= 4 is 32.5 Å². The van der Waals surface area contributed by atoms with Gasteiger partial charge in [-0.05, 0) is 68.3 Å². The molecule has 1 aromatic carbocycles. The minimum absolute atomic E-state index is 0.0639. The highest BCUT2D eigenvalue weighted by Crippen LogP contribution is 2.65. The zero-order chi connectivity index (χ0) is 30.8. The van der Waals surface area contributed by atoms with Crippen LogP contribution in [0.2, 0.25) is 0 Å². The van der Waals surface area contributed by atoms with E-state index in [1.165, 1.54) is 18.2 Å². The van der Waals surface area contributed by atoms with Crippen LogP contribution in [0.15, 0.2) is 65.7 Å². The number of alkyl halides is 2. The van der Waals surface area contributed by atoms with E-state index in [9.17, 15) is 22.0 Å². The molecule has 1 saturated carbocycles. The molecule has 3 aliphatic rings. The predicted octanol–water partition coefficient (Wildman–Crippen LogP) is 4.76. The van der Waals surface area contributed by atoms with Gasteiger partial charge in [0.2, 0.25) is 0 Å². The highest BCUT2D eigenvalue weighted by Gasteiger charge is 2.69. The lowest BCUT2D eigenvalue weighted by Gasteiger charge is -2.36. The summed E-state index contributed by atoms with van der Waals surface area (Å²) in [5.41, 5.74) is 2.85. The number of morpholine rings is 1. The highest BCUT2D eigenvalue weighted by atomic mass is 32.2. The lowest BCUT2D eigenvalue weighted by Crippen LogP contribution is -2.45. The maximum atomic E-state index is 14.2. The minimum atomic E-state index is -3.77. The number of ether oxygens (including phenoxy) is 1. The van der Waals surface area contributed by atoms with Crippen molar-refractivity contribution in [3.63, 3.8) is 0 Å². The van der Waals surface area contributed by atoms with E-state index in [2.05, 4.69) is 29.0 Å². The third-order valence-corrected chi connectivity index (χ3v) is 10.4. The van der Waals surface area contributed by atoms with E-state index in [-0.39, 0.29) is 46.9 Å². The number of rotatable bonds is 5. The van der Waals surface area contributed by atoms with Gasteiger partial charge in [0, 0.05) is 36.2 Å². The Bertz CT molecular complexity index is 1890. The van der Waals surface area contributed by atoms with Crippen LogP contribution in [0.3, 0.4) is 0 Å². The van der Waals surface area contributed by atoms with E-state index in [0.717, 1.165) is 30.0 Å². The van der Waals surface area contributed by atoms with Gasteiger partial charge in [0.15, 0.2) is 9.84 Å². The van der Waals surface area contributed by atoms with E-state index in [0.29, 0.717) is 16.9 Å². The van der Waals surface area contributed by atoms with Crippen molar-refractivity contribution < 1.29 is 26.7 Å². The van der Waals surface area contributed by atoms with Gasteiger partial charge in [-0.2, -0.15) is 0 Å². The molecule has 4 aromatic rings. The molecule has 12 heteroatoms. The number of carbonyl (C=O) groups is 1. The molecule has 9 nitrogen and oxygen atoms in total. The SMILES string of the molecule is C[C@@H]1CN(c2cccc(-c3ccc4cnc(CNC(=O)c5ccc6c(c5)S(=O)(=O)CCC5C6C5(F)F)cc4n3)n2)C[C@H](C)O1. The Morgan fingerprint density at radius 3 is 2.61 bits per heavy atom. The fraction of sp³-hybridized carbons (Fsp3) is 0.375. The Balaban J connectivity index is 1.09. The summed E-state index contributed by atoms with van der Waals surface area (Å²) in [6.45, 7) is 5.68. The summed E-state index contributed by atoms with van der Waals surface area (Å²) in [5, 5.41) is 3.59. The maximum absolute atomic E-state index is 14.2. The number of pyridine rings is 3. The molecule has 0 spiro atoms. The number of sulfone groups is 1. The summed E-state index contributed by atoms with van der Waals surface area (Å²) in [7, 11) is -3.77. The van der Waals surface area contributed by atoms with Crippen LogP contribution < -0.4 is 10.2 Å². The van der Waals surface area contributed by atoms with Gasteiger partial charge in [0.05, 0.1) is 57.9 Å². The first-order valence-corrected chi connectivity index (χ1v) is 16.3. The average Bonchev–Trinajstić information content (AvgIpc) is 3.60. The van der Waals surface area contributed by atoms with Crippen LogP contribution in [0, 0.1) is 5.92 Å². The summed E-state index contributed by atoms with van der Waals surface area (Å²) in [6, 6.07) is 15.4. The van der Waals surface area contributed by atoms with Crippen molar-refractivity contribution in [3.8, 4) is 11.4 Å². The number of benzene rings is 1. The van der Waals surface area contributed by atoms with Gasteiger partial charge in [-0.1, -0.05) is 12.1 Å². The quantitative estimate of drug-likeness (QED) is 0.340. The number of nitrogens with zero attached hydrogens (tertiary/aromatic N) is 4. The van der Waals surface area contributed by atoms with Crippen LogP contribution in [0.4, 0.5) is 14.6 Å². The Hall–Kier alpha value is -4.03. The Morgan fingerprint density at radius 2 is 1.82 bits per heavy atom. The number of halogens is 2. The van der Waals surface area contributed by atoms with Crippen molar-refractivity contribution in [1.29, 1.82) is 0 Å². The fourth-order valence-electron chi connectivity index (χ4n) is 6.44. The number of anilines is 1. The number of fused-ring (bicyclic) bond motifs is 4. The van der Waals surface area contributed by atoms with Crippen LogP contribution in [0.1, 0.15) is 47.8 Å². The molecule has 4 atom stereocenters. The summed E-state index contributed by atoms with van der Waals surface area (Å²) < 4.78 is 59.9. The first-order valence-electron chi connectivity index (χ1n) is 14.7.